The number of nitrogens with one attached hydrogen (secondary N) is 2. The number of rotatable bonds is 10. The molecule has 1 atom stereocenters. The number of carbonyl (C=O) groups excluding carboxylic acids is 3. The van der Waals surface area contributed by atoms with Crippen molar-refractivity contribution < 1.29 is 29.0 Å². The van der Waals surface area contributed by atoms with Gasteiger partial charge in [-0.05, 0) is 76.7 Å². The van der Waals surface area contributed by atoms with Gasteiger partial charge in [-0.3, -0.25) is 14.4 Å². The van der Waals surface area contributed by atoms with Gasteiger partial charge < -0.3 is 25.4 Å². The Balaban J connectivity index is 1.36. The predicted molar refractivity (Wildman–Crippen MR) is 164 cm³/mol. The maximum absolute atomic E-state index is 13.5. The summed E-state index contributed by atoms with van der Waals surface area (Å²) in [5.41, 5.74) is 2.65. The number of benzene rings is 3. The fourth-order valence-electron chi connectivity index (χ4n) is 4.68. The van der Waals surface area contributed by atoms with Gasteiger partial charge in [0, 0.05) is 47.4 Å². The van der Waals surface area contributed by atoms with Crippen LogP contribution in [-0.4, -0.2) is 86.2 Å². The fourth-order valence-corrected chi connectivity index (χ4v) is 4.86. The number of tetrazole rings is 1. The second-order valence-electron chi connectivity index (χ2n) is 10.0. The van der Waals surface area contributed by atoms with E-state index >= 15 is 0 Å². The topological polar surface area (TPSA) is 169 Å². The average molecular weight is 630 g/mol. The van der Waals surface area contributed by atoms with Crippen LogP contribution < -0.4 is 10.6 Å². The van der Waals surface area contributed by atoms with Crippen molar-refractivity contribution in [2.24, 2.45) is 0 Å². The number of carboxylic acid groups (broad SMARTS) is 1. The Kier molecular flexibility index (Phi) is 9.92. The maximum atomic E-state index is 13.5. The molecule has 0 saturated carbocycles. The zero-order chi connectivity index (χ0) is 31.8. The van der Waals surface area contributed by atoms with Crippen molar-refractivity contribution in [2.75, 3.05) is 31.6 Å². The molecule has 5 rings (SSSR count). The molecule has 0 bridgehead atoms. The Hall–Kier alpha value is -5.40. The van der Waals surface area contributed by atoms with Gasteiger partial charge in [0.1, 0.15) is 12.4 Å². The highest BCUT2D eigenvalue weighted by Crippen LogP contribution is 2.20. The van der Waals surface area contributed by atoms with Crippen LogP contribution in [-0.2, 0) is 20.7 Å². The molecule has 2 heterocycles. The number of nitrogens with zero attached hydrogens (tertiary/aromatic N) is 5. The minimum atomic E-state index is -1.10. The van der Waals surface area contributed by atoms with Crippen LogP contribution in [0.3, 0.4) is 0 Å². The summed E-state index contributed by atoms with van der Waals surface area (Å²) in [4.78, 5) is 52.6. The molecular formula is C31H28ClN7O6. The maximum Gasteiger partial charge on any atom is 0.335 e. The number of halogens is 1. The monoisotopic (exact) mass is 629 g/mol. The summed E-state index contributed by atoms with van der Waals surface area (Å²) in [7, 11) is 0. The van der Waals surface area contributed by atoms with E-state index in [9.17, 15) is 24.3 Å². The van der Waals surface area contributed by atoms with E-state index in [1.54, 1.807) is 47.4 Å². The molecule has 4 aromatic rings. The van der Waals surface area contributed by atoms with Crippen LogP contribution in [0.4, 0.5) is 5.69 Å². The Bertz CT molecular complexity index is 1720. The van der Waals surface area contributed by atoms with Gasteiger partial charge in [-0.15, -0.1) is 5.10 Å². The highest BCUT2D eigenvalue weighted by atomic mass is 35.5. The first kappa shape index (κ1) is 31.0. The number of aromatic carboxylic acids is 1. The summed E-state index contributed by atoms with van der Waals surface area (Å²) in [6, 6.07) is 16.5. The molecule has 1 saturated heterocycles. The largest absolute Gasteiger partial charge is 0.478 e. The first-order valence-electron chi connectivity index (χ1n) is 13.9. The van der Waals surface area contributed by atoms with Gasteiger partial charge in [-0.1, -0.05) is 23.7 Å². The average Bonchev–Trinajstić information content (AvgIpc) is 3.59. The van der Waals surface area contributed by atoms with Crippen LogP contribution in [0.15, 0.2) is 79.1 Å². The zero-order valence-corrected chi connectivity index (χ0v) is 24.6. The van der Waals surface area contributed by atoms with Crippen molar-refractivity contribution in [2.45, 2.75) is 12.5 Å². The molecule has 3 aromatic carbocycles. The van der Waals surface area contributed by atoms with Crippen LogP contribution in [0, 0.1) is 0 Å². The Labute approximate surface area is 262 Å². The lowest BCUT2D eigenvalue weighted by Crippen LogP contribution is -2.44. The second kappa shape index (κ2) is 14.4. The summed E-state index contributed by atoms with van der Waals surface area (Å²) < 4.78 is 6.76. The van der Waals surface area contributed by atoms with Gasteiger partial charge in [0.05, 0.1) is 24.5 Å². The van der Waals surface area contributed by atoms with E-state index in [0.29, 0.717) is 59.4 Å². The van der Waals surface area contributed by atoms with Crippen LogP contribution in [0.2, 0.25) is 5.02 Å². The number of aromatic nitrogens is 4. The zero-order valence-electron chi connectivity index (χ0n) is 23.8. The normalized spacial score (nSPS) is 13.8. The van der Waals surface area contributed by atoms with E-state index in [-0.39, 0.29) is 17.9 Å². The molecule has 45 heavy (non-hydrogen) atoms. The molecule has 14 heteroatoms. The number of carboxylic acids is 1. The Morgan fingerprint density at radius 3 is 2.49 bits per heavy atom. The molecule has 0 radical (unpaired) electrons. The van der Waals surface area contributed by atoms with E-state index in [2.05, 4.69) is 26.2 Å². The second-order valence-corrected chi connectivity index (χ2v) is 10.5. The fraction of sp³-hybridized carbons (Fsp3) is 0.194. The van der Waals surface area contributed by atoms with E-state index in [0.717, 1.165) is 0 Å². The third-order valence-electron chi connectivity index (χ3n) is 6.94. The van der Waals surface area contributed by atoms with Crippen LogP contribution in [0.1, 0.15) is 31.8 Å². The number of ether oxygens (including phenoxy) is 1. The third-order valence-corrected chi connectivity index (χ3v) is 7.18. The van der Waals surface area contributed by atoms with Crippen molar-refractivity contribution >= 4 is 47.1 Å². The molecule has 3 amide bonds. The summed E-state index contributed by atoms with van der Waals surface area (Å²) in [6.45, 7) is 1.90. The molecule has 1 aliphatic heterocycles. The van der Waals surface area contributed by atoms with Crippen molar-refractivity contribution in [3.05, 3.63) is 106 Å². The molecule has 230 valence electrons. The van der Waals surface area contributed by atoms with E-state index < -0.39 is 23.8 Å². The number of hydrogen-bond acceptors (Lipinski definition) is 8. The molecular weight excluding hydrogens is 602 g/mol. The highest BCUT2D eigenvalue weighted by molar-refractivity contribution is 6.30. The molecule has 3 N–H and O–H groups in total. The lowest BCUT2D eigenvalue weighted by atomic mass is 10.0. The first-order chi connectivity index (χ1) is 21.8. The molecule has 0 spiro atoms. The predicted octanol–water partition coefficient (Wildman–Crippen LogP) is 2.87. The van der Waals surface area contributed by atoms with Crippen molar-refractivity contribution in [1.82, 2.24) is 30.4 Å². The minimum absolute atomic E-state index is 0.0618. The quantitative estimate of drug-likeness (QED) is 0.223. The summed E-state index contributed by atoms with van der Waals surface area (Å²) in [6.07, 6.45) is 4.26. The van der Waals surface area contributed by atoms with Crippen LogP contribution in [0.5, 0.6) is 0 Å². The van der Waals surface area contributed by atoms with Gasteiger partial charge in [0.2, 0.25) is 11.8 Å². The highest BCUT2D eigenvalue weighted by Gasteiger charge is 2.23. The third kappa shape index (κ3) is 8.16. The number of hydrogen-bond donors (Lipinski definition) is 3. The molecule has 1 aliphatic rings. The summed E-state index contributed by atoms with van der Waals surface area (Å²) >= 11 is 6.18. The smallest absolute Gasteiger partial charge is 0.335 e. The minimum Gasteiger partial charge on any atom is -0.478 e. The van der Waals surface area contributed by atoms with Crippen LogP contribution in [0.25, 0.3) is 11.8 Å². The molecule has 1 unspecified atom stereocenters. The van der Waals surface area contributed by atoms with Gasteiger partial charge in [-0.2, -0.15) is 4.68 Å². The SMILES string of the molecule is O=C(/C=C/c1cc(Cl)ccc1-n1cnnn1)NC(Cc1cccc(C(=O)N2CCOCC2)c1)C(=O)Nc1ccc(C(=O)O)cc1. The number of morpholine rings is 1. The van der Waals surface area contributed by atoms with Crippen molar-refractivity contribution in [3.63, 3.8) is 0 Å². The number of carbonyl (C=O) groups is 4. The van der Waals surface area contributed by atoms with Gasteiger partial charge in [0.15, 0.2) is 0 Å². The lowest BCUT2D eigenvalue weighted by Gasteiger charge is -2.27. The van der Waals surface area contributed by atoms with E-state index in [1.165, 1.54) is 47.4 Å². The van der Waals surface area contributed by atoms with E-state index in [4.69, 9.17) is 16.3 Å². The standard InChI is InChI=1S/C31H28ClN7O6/c32-24-7-10-27(39-19-33-36-37-39)22(18-24)6-11-28(40)35-26(29(41)34-25-8-4-21(5-9-25)31(43)44)17-20-2-1-3-23(16-20)30(42)38-12-14-45-15-13-38/h1-11,16,18-19,26H,12-15,17H2,(H,34,41)(H,35,40)(H,43,44)/b11-6+. The molecule has 0 aliphatic carbocycles. The molecule has 1 aromatic heterocycles. The van der Waals surface area contributed by atoms with Crippen molar-refractivity contribution in [3.8, 4) is 5.69 Å². The number of amides is 3. The van der Waals surface area contributed by atoms with Crippen molar-refractivity contribution in [1.29, 1.82) is 0 Å². The number of anilines is 1. The molecule has 1 fully saturated rings. The first-order valence-corrected chi connectivity index (χ1v) is 14.3. The van der Waals surface area contributed by atoms with Crippen LogP contribution >= 0.6 is 11.6 Å². The summed E-state index contributed by atoms with van der Waals surface area (Å²) in [5, 5.41) is 26.3. The molecule has 13 nitrogen and oxygen atoms in total. The summed E-state index contributed by atoms with van der Waals surface area (Å²) in [5.74, 6) is -2.35. The lowest BCUT2D eigenvalue weighted by molar-refractivity contribution is -0.123. The van der Waals surface area contributed by atoms with Gasteiger partial charge in [-0.25, -0.2) is 4.79 Å². The van der Waals surface area contributed by atoms with Gasteiger partial charge in [0.25, 0.3) is 5.91 Å². The Morgan fingerprint density at radius 2 is 1.78 bits per heavy atom. The van der Waals surface area contributed by atoms with E-state index in [1.807, 2.05) is 0 Å². The Morgan fingerprint density at radius 1 is 1.00 bits per heavy atom. The van der Waals surface area contributed by atoms with Gasteiger partial charge >= 0.3 is 5.97 Å².